The van der Waals surface area contributed by atoms with E-state index in [1.165, 1.54) is 12.1 Å². The monoisotopic (exact) mass is 424 g/mol. The Morgan fingerprint density at radius 3 is 2.36 bits per heavy atom. The molecular weight excluding hydrogens is 408 g/mol. The molecule has 1 atom stereocenters. The van der Waals surface area contributed by atoms with E-state index < -0.39 is 27.7 Å². The van der Waals surface area contributed by atoms with Crippen LogP contribution in [0, 0.1) is 0 Å². The molecule has 2 aromatic carbocycles. The van der Waals surface area contributed by atoms with Gasteiger partial charge in [-0.1, -0.05) is 40.2 Å². The lowest BCUT2D eigenvalue weighted by molar-refractivity contribution is -0.119. The quantitative estimate of drug-likeness (QED) is 0.707. The molecule has 0 saturated heterocycles. The van der Waals surface area contributed by atoms with Gasteiger partial charge in [0.05, 0.1) is 10.6 Å². The predicted molar refractivity (Wildman–Crippen MR) is 97.7 cm³/mol. The van der Waals surface area contributed by atoms with Crippen LogP contribution in [0.3, 0.4) is 0 Å². The molecule has 3 N–H and O–H groups in total. The first kappa shape index (κ1) is 19.1. The topological polar surface area (TPSA) is 106 Å². The van der Waals surface area contributed by atoms with Crippen LogP contribution in [-0.2, 0) is 14.6 Å². The molecule has 0 fully saturated rings. The molecule has 8 heteroatoms. The van der Waals surface area contributed by atoms with Crippen molar-refractivity contribution in [3.63, 3.8) is 0 Å². The van der Waals surface area contributed by atoms with Crippen molar-refractivity contribution in [1.29, 1.82) is 0 Å². The molecule has 0 saturated carbocycles. The smallest absolute Gasteiger partial charge is 0.251 e. The van der Waals surface area contributed by atoms with E-state index in [2.05, 4.69) is 21.2 Å². The lowest BCUT2D eigenvalue weighted by Gasteiger charge is -2.15. The minimum Gasteiger partial charge on any atom is -0.368 e. The SMILES string of the molecule is NC(=O)[C@@H](CCS(=O)(=O)c1ccccc1)NC(=O)c1cccc(Br)c1. The Morgan fingerprint density at radius 2 is 1.76 bits per heavy atom. The molecule has 0 heterocycles. The highest BCUT2D eigenvalue weighted by molar-refractivity contribution is 9.10. The van der Waals surface area contributed by atoms with Crippen LogP contribution in [0.5, 0.6) is 0 Å². The van der Waals surface area contributed by atoms with Crippen molar-refractivity contribution in [2.45, 2.75) is 17.4 Å². The second kappa shape index (κ2) is 8.26. The zero-order valence-corrected chi connectivity index (χ0v) is 15.6. The van der Waals surface area contributed by atoms with Crippen LogP contribution in [0.4, 0.5) is 0 Å². The van der Waals surface area contributed by atoms with Gasteiger partial charge in [-0.05, 0) is 36.8 Å². The molecular formula is C17H17BrN2O4S. The maximum absolute atomic E-state index is 12.3. The van der Waals surface area contributed by atoms with Crippen molar-refractivity contribution in [2.75, 3.05) is 5.75 Å². The van der Waals surface area contributed by atoms with Crippen molar-refractivity contribution < 1.29 is 18.0 Å². The fourth-order valence-electron chi connectivity index (χ4n) is 2.18. The fraction of sp³-hybridized carbons (Fsp3) is 0.176. The van der Waals surface area contributed by atoms with Crippen molar-refractivity contribution in [2.24, 2.45) is 5.73 Å². The van der Waals surface area contributed by atoms with Crippen molar-refractivity contribution in [3.05, 3.63) is 64.6 Å². The number of rotatable bonds is 7. The number of amides is 2. The third-order valence-corrected chi connectivity index (χ3v) is 5.77. The predicted octanol–water partition coefficient (Wildman–Crippen LogP) is 1.90. The minimum absolute atomic E-state index is 0.105. The Labute approximate surface area is 154 Å². The van der Waals surface area contributed by atoms with E-state index in [1.54, 1.807) is 42.5 Å². The van der Waals surface area contributed by atoms with Crippen LogP contribution in [0.25, 0.3) is 0 Å². The van der Waals surface area contributed by atoms with E-state index in [0.29, 0.717) is 10.0 Å². The average Bonchev–Trinajstić information content (AvgIpc) is 2.59. The number of primary amides is 1. The Morgan fingerprint density at radius 1 is 1.08 bits per heavy atom. The van der Waals surface area contributed by atoms with Gasteiger partial charge < -0.3 is 11.1 Å². The summed E-state index contributed by atoms with van der Waals surface area (Å²) in [6, 6.07) is 13.4. The summed E-state index contributed by atoms with van der Waals surface area (Å²) in [7, 11) is -3.56. The zero-order valence-electron chi connectivity index (χ0n) is 13.2. The highest BCUT2D eigenvalue weighted by Crippen LogP contribution is 2.14. The summed E-state index contributed by atoms with van der Waals surface area (Å²) >= 11 is 3.26. The first-order chi connectivity index (χ1) is 11.8. The van der Waals surface area contributed by atoms with Gasteiger partial charge in [-0.3, -0.25) is 9.59 Å². The molecule has 25 heavy (non-hydrogen) atoms. The number of nitrogens with two attached hydrogens (primary N) is 1. The number of benzene rings is 2. The van der Waals surface area contributed by atoms with E-state index in [4.69, 9.17) is 5.73 Å². The fourth-order valence-corrected chi connectivity index (χ4v) is 3.93. The summed E-state index contributed by atoms with van der Waals surface area (Å²) in [5.41, 5.74) is 5.64. The van der Waals surface area contributed by atoms with Gasteiger partial charge in [0.25, 0.3) is 5.91 Å². The number of sulfone groups is 1. The molecule has 0 aliphatic carbocycles. The van der Waals surface area contributed by atoms with Crippen molar-refractivity contribution in [3.8, 4) is 0 Å². The number of hydrogen-bond acceptors (Lipinski definition) is 4. The summed E-state index contributed by atoms with van der Waals surface area (Å²) in [5, 5.41) is 2.49. The number of carbonyl (C=O) groups is 2. The first-order valence-corrected chi connectivity index (χ1v) is 9.87. The van der Waals surface area contributed by atoms with E-state index in [-0.39, 0.29) is 17.1 Å². The first-order valence-electron chi connectivity index (χ1n) is 7.43. The normalized spacial score (nSPS) is 12.4. The Balaban J connectivity index is 2.06. The van der Waals surface area contributed by atoms with Gasteiger partial charge in [0.1, 0.15) is 6.04 Å². The van der Waals surface area contributed by atoms with Crippen LogP contribution in [-0.4, -0.2) is 32.0 Å². The van der Waals surface area contributed by atoms with Gasteiger partial charge >= 0.3 is 0 Å². The average molecular weight is 425 g/mol. The van der Waals surface area contributed by atoms with Gasteiger partial charge in [0.15, 0.2) is 9.84 Å². The molecule has 6 nitrogen and oxygen atoms in total. The molecule has 2 amide bonds. The summed E-state index contributed by atoms with van der Waals surface area (Å²) in [6.07, 6.45) is -0.105. The second-order valence-corrected chi connectivity index (χ2v) is 8.38. The number of carbonyl (C=O) groups excluding carboxylic acids is 2. The largest absolute Gasteiger partial charge is 0.368 e. The molecule has 0 unspecified atom stereocenters. The van der Waals surface area contributed by atoms with Crippen LogP contribution >= 0.6 is 15.9 Å². The molecule has 0 bridgehead atoms. The summed E-state index contributed by atoms with van der Waals surface area (Å²) in [5.74, 6) is -1.59. The number of nitrogens with one attached hydrogen (secondary N) is 1. The van der Waals surface area contributed by atoms with Crippen molar-refractivity contribution >= 4 is 37.6 Å². The van der Waals surface area contributed by atoms with Crippen molar-refractivity contribution in [1.82, 2.24) is 5.32 Å². The Kier molecular flexibility index (Phi) is 6.33. The Hall–Kier alpha value is -2.19. The summed E-state index contributed by atoms with van der Waals surface area (Å²) in [6.45, 7) is 0. The lowest BCUT2D eigenvalue weighted by Crippen LogP contribution is -2.45. The molecule has 0 radical (unpaired) electrons. The Bertz CT molecular complexity index is 869. The van der Waals surface area contributed by atoms with Gasteiger partial charge in [-0.15, -0.1) is 0 Å². The lowest BCUT2D eigenvalue weighted by atomic mass is 10.1. The highest BCUT2D eigenvalue weighted by atomic mass is 79.9. The third kappa shape index (κ3) is 5.40. The van der Waals surface area contributed by atoms with Gasteiger partial charge in [0, 0.05) is 10.0 Å². The van der Waals surface area contributed by atoms with E-state index in [1.807, 2.05) is 0 Å². The third-order valence-electron chi connectivity index (χ3n) is 3.51. The van der Waals surface area contributed by atoms with Gasteiger partial charge in [-0.25, -0.2) is 8.42 Å². The van der Waals surface area contributed by atoms with E-state index >= 15 is 0 Å². The van der Waals surface area contributed by atoms with Gasteiger partial charge in [-0.2, -0.15) is 0 Å². The molecule has 132 valence electrons. The van der Waals surface area contributed by atoms with Crippen LogP contribution < -0.4 is 11.1 Å². The molecule has 2 rings (SSSR count). The van der Waals surface area contributed by atoms with Crippen LogP contribution in [0.15, 0.2) is 64.0 Å². The van der Waals surface area contributed by atoms with Crippen LogP contribution in [0.1, 0.15) is 16.8 Å². The molecule has 2 aromatic rings. The number of halogens is 1. The molecule has 0 spiro atoms. The zero-order chi connectivity index (χ0) is 18.4. The second-order valence-electron chi connectivity index (χ2n) is 5.36. The maximum atomic E-state index is 12.3. The molecule has 0 aromatic heterocycles. The van der Waals surface area contributed by atoms with E-state index in [0.717, 1.165) is 0 Å². The van der Waals surface area contributed by atoms with Gasteiger partial charge in [0.2, 0.25) is 5.91 Å². The maximum Gasteiger partial charge on any atom is 0.251 e. The molecule has 0 aliphatic heterocycles. The summed E-state index contributed by atoms with van der Waals surface area (Å²) in [4.78, 5) is 24.0. The standard InChI is InChI=1S/C17H17BrN2O4S/c18-13-6-4-5-12(11-13)17(22)20-15(16(19)21)9-10-25(23,24)14-7-2-1-3-8-14/h1-8,11,15H,9-10H2,(H2,19,21)(H,20,22)/t15-/m1/s1. The minimum atomic E-state index is -3.56. The molecule has 0 aliphatic rings. The number of hydrogen-bond donors (Lipinski definition) is 2. The summed E-state index contributed by atoms with van der Waals surface area (Å²) < 4.78 is 25.3. The highest BCUT2D eigenvalue weighted by Gasteiger charge is 2.23. The van der Waals surface area contributed by atoms with Crippen LogP contribution in [0.2, 0.25) is 0 Å². The van der Waals surface area contributed by atoms with E-state index in [9.17, 15) is 18.0 Å².